The van der Waals surface area contributed by atoms with Crippen LogP contribution in [-0.4, -0.2) is 48.1 Å². The molecule has 0 aliphatic carbocycles. The van der Waals surface area contributed by atoms with Crippen molar-refractivity contribution in [3.63, 3.8) is 0 Å². The molecule has 6 heterocycles. The van der Waals surface area contributed by atoms with Gasteiger partial charge >= 0.3 is 0 Å². The molecule has 2 N–H and O–H groups in total. The van der Waals surface area contributed by atoms with Gasteiger partial charge < -0.3 is 4.98 Å². The Bertz CT molecular complexity index is 1690. The molecule has 0 unspecified atom stereocenters. The van der Waals surface area contributed by atoms with Crippen molar-refractivity contribution in [1.29, 1.82) is 0 Å². The van der Waals surface area contributed by atoms with Crippen molar-refractivity contribution in [2.75, 3.05) is 13.1 Å². The van der Waals surface area contributed by atoms with Crippen LogP contribution >= 0.6 is 11.3 Å². The first-order valence-corrected chi connectivity index (χ1v) is 13.2. The number of thiophene rings is 1. The molecule has 1 aromatic carbocycles. The van der Waals surface area contributed by atoms with Gasteiger partial charge in [0.2, 0.25) is 0 Å². The lowest BCUT2D eigenvalue weighted by molar-refractivity contribution is 0.331. The molecular formula is C28H25N7S. The van der Waals surface area contributed by atoms with E-state index < -0.39 is 0 Å². The van der Waals surface area contributed by atoms with E-state index in [9.17, 15) is 0 Å². The van der Waals surface area contributed by atoms with Gasteiger partial charge in [-0.3, -0.25) is 20.0 Å². The highest BCUT2D eigenvalue weighted by atomic mass is 32.1. The molecule has 36 heavy (non-hydrogen) atoms. The molecule has 7 rings (SSSR count). The molecule has 1 aliphatic heterocycles. The van der Waals surface area contributed by atoms with Gasteiger partial charge in [-0.2, -0.15) is 16.4 Å². The fourth-order valence-electron chi connectivity index (χ4n) is 5.26. The Morgan fingerprint density at radius 3 is 2.69 bits per heavy atom. The molecule has 0 bridgehead atoms. The number of pyridine rings is 2. The summed E-state index contributed by atoms with van der Waals surface area (Å²) in [6.07, 6.45) is 10.2. The number of imidazole rings is 1. The summed E-state index contributed by atoms with van der Waals surface area (Å²) >= 11 is 1.67. The summed E-state index contributed by atoms with van der Waals surface area (Å²) < 4.78 is 0. The number of H-pyrrole nitrogens is 2. The summed E-state index contributed by atoms with van der Waals surface area (Å²) in [7, 11) is 0. The Kier molecular flexibility index (Phi) is 5.15. The van der Waals surface area contributed by atoms with Crippen LogP contribution in [0.5, 0.6) is 0 Å². The number of benzene rings is 1. The van der Waals surface area contributed by atoms with Crippen molar-refractivity contribution in [3.8, 4) is 33.8 Å². The van der Waals surface area contributed by atoms with Gasteiger partial charge in [-0.25, -0.2) is 4.98 Å². The Hall–Kier alpha value is -3.88. The minimum Gasteiger partial charge on any atom is -0.335 e. The average molecular weight is 492 g/mol. The maximum absolute atomic E-state index is 4.97. The van der Waals surface area contributed by atoms with Gasteiger partial charge in [0.1, 0.15) is 11.2 Å². The summed E-state index contributed by atoms with van der Waals surface area (Å²) in [5.41, 5.74) is 10.5. The summed E-state index contributed by atoms with van der Waals surface area (Å²) in [4.78, 5) is 19.9. The smallest absolute Gasteiger partial charge is 0.159 e. The fraction of sp³-hybridized carbons (Fsp3) is 0.214. The van der Waals surface area contributed by atoms with Crippen LogP contribution in [-0.2, 0) is 6.54 Å². The third-order valence-electron chi connectivity index (χ3n) is 7.07. The maximum atomic E-state index is 4.97. The number of aromatic amines is 2. The quantitative estimate of drug-likeness (QED) is 0.300. The first-order valence-electron chi connectivity index (χ1n) is 12.2. The van der Waals surface area contributed by atoms with Gasteiger partial charge in [-0.1, -0.05) is 0 Å². The van der Waals surface area contributed by atoms with Crippen molar-refractivity contribution in [3.05, 3.63) is 70.9 Å². The molecule has 178 valence electrons. The maximum Gasteiger partial charge on any atom is 0.159 e. The van der Waals surface area contributed by atoms with E-state index in [0.717, 1.165) is 62.3 Å². The molecule has 7 nitrogen and oxygen atoms in total. The van der Waals surface area contributed by atoms with E-state index in [2.05, 4.69) is 72.0 Å². The largest absolute Gasteiger partial charge is 0.335 e. The molecule has 0 spiro atoms. The minimum absolute atomic E-state index is 0.733. The van der Waals surface area contributed by atoms with E-state index >= 15 is 0 Å². The lowest BCUT2D eigenvalue weighted by Crippen LogP contribution is -2.18. The lowest BCUT2D eigenvalue weighted by Gasteiger charge is -2.15. The van der Waals surface area contributed by atoms with Gasteiger partial charge in [0.05, 0.1) is 17.2 Å². The van der Waals surface area contributed by atoms with Crippen LogP contribution in [0, 0.1) is 6.92 Å². The zero-order valence-corrected chi connectivity index (χ0v) is 20.8. The lowest BCUT2D eigenvalue weighted by atomic mass is 9.98. The molecule has 0 amide bonds. The van der Waals surface area contributed by atoms with Gasteiger partial charge in [-0.15, -0.1) is 0 Å². The zero-order chi connectivity index (χ0) is 24.1. The average Bonchev–Trinajstić information content (AvgIpc) is 3.70. The first kappa shape index (κ1) is 21.4. The first-order chi connectivity index (χ1) is 17.7. The number of nitrogens with zero attached hydrogens (tertiary/aromatic N) is 5. The molecule has 8 heteroatoms. The highest BCUT2D eigenvalue weighted by Crippen LogP contribution is 2.34. The van der Waals surface area contributed by atoms with Crippen molar-refractivity contribution in [2.45, 2.75) is 26.3 Å². The van der Waals surface area contributed by atoms with Gasteiger partial charge in [-0.05, 0) is 90.1 Å². The molecule has 5 aromatic heterocycles. The van der Waals surface area contributed by atoms with Gasteiger partial charge in [0, 0.05) is 41.6 Å². The van der Waals surface area contributed by atoms with E-state index in [1.54, 1.807) is 11.3 Å². The fourth-order valence-corrected chi connectivity index (χ4v) is 5.91. The summed E-state index contributed by atoms with van der Waals surface area (Å²) in [6, 6.07) is 8.75. The summed E-state index contributed by atoms with van der Waals surface area (Å²) in [5, 5.41) is 13.1. The Morgan fingerprint density at radius 1 is 0.944 bits per heavy atom. The van der Waals surface area contributed by atoms with Crippen LogP contribution in [0.4, 0.5) is 0 Å². The highest BCUT2D eigenvalue weighted by molar-refractivity contribution is 7.08. The Labute approximate surface area is 212 Å². The molecule has 0 saturated carbocycles. The number of hydrogen-bond acceptors (Lipinski definition) is 6. The molecule has 1 fully saturated rings. The van der Waals surface area contributed by atoms with Crippen molar-refractivity contribution >= 4 is 33.3 Å². The van der Waals surface area contributed by atoms with Crippen LogP contribution in [0.3, 0.4) is 0 Å². The number of nitrogens with one attached hydrogen (secondary N) is 2. The van der Waals surface area contributed by atoms with Gasteiger partial charge in [0.25, 0.3) is 0 Å². The Balaban J connectivity index is 1.31. The van der Waals surface area contributed by atoms with E-state index in [1.165, 1.54) is 37.1 Å². The van der Waals surface area contributed by atoms with Crippen LogP contribution in [0.2, 0.25) is 0 Å². The molecule has 0 atom stereocenters. The third-order valence-corrected chi connectivity index (χ3v) is 7.75. The van der Waals surface area contributed by atoms with Crippen molar-refractivity contribution < 1.29 is 0 Å². The van der Waals surface area contributed by atoms with Crippen LogP contribution in [0.15, 0.2) is 59.8 Å². The predicted octanol–water partition coefficient (Wildman–Crippen LogP) is 6.20. The molecule has 0 radical (unpaired) electrons. The number of aryl methyl sites for hydroxylation is 1. The highest BCUT2D eigenvalue weighted by Gasteiger charge is 2.18. The van der Waals surface area contributed by atoms with E-state index in [-0.39, 0.29) is 0 Å². The second kappa shape index (κ2) is 8.65. The summed E-state index contributed by atoms with van der Waals surface area (Å²) in [6.45, 7) is 5.45. The molecule has 1 aliphatic rings. The number of aromatic nitrogens is 6. The Morgan fingerprint density at radius 2 is 1.83 bits per heavy atom. The van der Waals surface area contributed by atoms with E-state index in [0.29, 0.717) is 0 Å². The minimum atomic E-state index is 0.733. The van der Waals surface area contributed by atoms with Crippen molar-refractivity contribution in [2.24, 2.45) is 0 Å². The van der Waals surface area contributed by atoms with Crippen LogP contribution in [0.25, 0.3) is 55.7 Å². The van der Waals surface area contributed by atoms with Gasteiger partial charge in [0.15, 0.2) is 5.82 Å². The number of fused-ring (bicyclic) bond motifs is 2. The monoisotopic (exact) mass is 491 g/mol. The molecule has 1 saturated heterocycles. The van der Waals surface area contributed by atoms with Crippen LogP contribution < -0.4 is 0 Å². The second-order valence-corrected chi connectivity index (χ2v) is 10.3. The second-order valence-electron chi connectivity index (χ2n) is 9.53. The molecule has 6 aromatic rings. The zero-order valence-electron chi connectivity index (χ0n) is 20.0. The third kappa shape index (κ3) is 3.70. The van der Waals surface area contributed by atoms with Crippen molar-refractivity contribution in [1.82, 2.24) is 35.0 Å². The topological polar surface area (TPSA) is 86.4 Å². The summed E-state index contributed by atoms with van der Waals surface area (Å²) in [5.74, 6) is 0.733. The number of likely N-dealkylation sites (tertiary alicyclic amines) is 1. The predicted molar refractivity (Wildman–Crippen MR) is 145 cm³/mol. The SMILES string of the molecule is Cc1cc2[nH]nc(-c3nc4c(-c5ccsc5)cncc4[nH]3)c2cc1-c1cncc(CN2CCCC2)c1. The molecular weight excluding hydrogens is 466 g/mol. The number of hydrogen-bond donors (Lipinski definition) is 2. The number of rotatable bonds is 5. The standard InChI is InChI=1S/C28H25N7S/c1-17-8-24-22(10-21(17)20-9-18(11-29-12-20)15-35-5-2-3-6-35)27(34-33-24)28-31-25-14-30-13-23(26(25)32-28)19-4-7-36-16-19/h4,7-14,16H,2-3,5-6,15H2,1H3,(H,31,32)(H,33,34). The van der Waals surface area contributed by atoms with Crippen LogP contribution in [0.1, 0.15) is 24.0 Å². The van der Waals surface area contributed by atoms with E-state index in [4.69, 9.17) is 4.98 Å². The normalized spacial score (nSPS) is 14.4. The van der Waals surface area contributed by atoms with E-state index in [1.807, 2.05) is 24.8 Å².